The van der Waals surface area contributed by atoms with Gasteiger partial charge in [-0.3, -0.25) is 0 Å². The molecule has 0 fully saturated rings. The van der Waals surface area contributed by atoms with Crippen LogP contribution in [-0.2, 0) is 17.5 Å². The summed E-state index contributed by atoms with van der Waals surface area (Å²) in [6, 6.07) is 2.02. The number of anilines is 1. The van der Waals surface area contributed by atoms with Gasteiger partial charge in [0.2, 0.25) is 0 Å². The fraction of sp³-hybridized carbons (Fsp3) is 0.500. The number of nitrogen functional groups attached to an aromatic ring is 1. The first-order chi connectivity index (χ1) is 8.91. The van der Waals surface area contributed by atoms with Crippen LogP contribution in [0.1, 0.15) is 39.1 Å². The predicted octanol–water partition coefficient (Wildman–Crippen LogP) is 2.95. The fourth-order valence-electron chi connectivity index (χ4n) is 1.19. The molecule has 0 unspecified atom stereocenters. The summed E-state index contributed by atoms with van der Waals surface area (Å²) in [4.78, 5) is 3.47. The third kappa shape index (κ3) is 4.38. The van der Waals surface area contributed by atoms with Gasteiger partial charge >= 0.3 is 6.18 Å². The Balaban J connectivity index is 3.20. The summed E-state index contributed by atoms with van der Waals surface area (Å²) < 4.78 is 53.1. The number of nitrogens with two attached hydrogens (primary N) is 1. The number of alkyl halides is 3. The molecule has 112 valence electrons. The highest BCUT2D eigenvalue weighted by Gasteiger charge is 2.33. The highest BCUT2D eigenvalue weighted by atomic mass is 32.2. The first kappa shape index (κ1) is 16.8. The number of nitrogens with zero attached hydrogens (tertiary/aromatic N) is 2. The Hall–Kier alpha value is -1.28. The molecule has 1 heterocycles. The van der Waals surface area contributed by atoms with Crippen LogP contribution >= 0.6 is 0 Å². The third-order valence-electron chi connectivity index (χ3n) is 2.25. The van der Waals surface area contributed by atoms with E-state index in [0.717, 1.165) is 6.07 Å². The highest BCUT2D eigenvalue weighted by Crippen LogP contribution is 2.29. The molecule has 1 aromatic rings. The van der Waals surface area contributed by atoms with Crippen molar-refractivity contribution < 1.29 is 17.7 Å². The predicted molar refractivity (Wildman–Crippen MR) is 73.8 cm³/mol. The van der Waals surface area contributed by atoms with Crippen LogP contribution in [0.4, 0.5) is 18.9 Å². The average Bonchev–Trinajstić information content (AvgIpc) is 2.25. The topological polar surface area (TPSA) is 74.3 Å². The second-order valence-electron chi connectivity index (χ2n) is 5.21. The SMILES string of the molecule is CC(=N[S@+]([O-])C(C)(C)C)c1cc(N)cc(C(F)(F)F)n1. The van der Waals surface area contributed by atoms with Gasteiger partial charge in [0.15, 0.2) is 0 Å². The summed E-state index contributed by atoms with van der Waals surface area (Å²) in [5.74, 6) is 0. The van der Waals surface area contributed by atoms with E-state index in [1.165, 1.54) is 13.0 Å². The molecule has 0 saturated heterocycles. The minimum Gasteiger partial charge on any atom is -0.591 e. The van der Waals surface area contributed by atoms with Crippen molar-refractivity contribution in [3.8, 4) is 0 Å². The average molecular weight is 307 g/mol. The van der Waals surface area contributed by atoms with Crippen LogP contribution in [0.15, 0.2) is 16.5 Å². The normalized spacial score (nSPS) is 15.3. The van der Waals surface area contributed by atoms with Gasteiger partial charge in [0.1, 0.15) is 27.5 Å². The van der Waals surface area contributed by atoms with Crippen molar-refractivity contribution in [3.05, 3.63) is 23.5 Å². The molecule has 0 aromatic carbocycles. The van der Waals surface area contributed by atoms with Crippen molar-refractivity contribution in [2.45, 2.75) is 38.6 Å². The smallest absolute Gasteiger partial charge is 0.433 e. The molecule has 0 radical (unpaired) electrons. The lowest BCUT2D eigenvalue weighted by molar-refractivity contribution is -0.141. The second-order valence-corrected chi connectivity index (χ2v) is 7.11. The number of halogens is 3. The van der Waals surface area contributed by atoms with E-state index in [2.05, 4.69) is 9.38 Å². The zero-order valence-electron chi connectivity index (χ0n) is 11.6. The molecular formula is C12H16F3N3OS. The second kappa shape index (κ2) is 5.61. The van der Waals surface area contributed by atoms with E-state index in [4.69, 9.17) is 5.73 Å². The van der Waals surface area contributed by atoms with Gasteiger partial charge in [-0.05, 0) is 39.8 Å². The van der Waals surface area contributed by atoms with Crippen LogP contribution in [0.3, 0.4) is 0 Å². The van der Waals surface area contributed by atoms with Gasteiger partial charge in [0.25, 0.3) is 0 Å². The van der Waals surface area contributed by atoms with Gasteiger partial charge in [0.05, 0.1) is 5.69 Å². The maximum atomic E-state index is 12.6. The van der Waals surface area contributed by atoms with E-state index in [1.807, 2.05) is 0 Å². The largest absolute Gasteiger partial charge is 0.591 e. The van der Waals surface area contributed by atoms with Crippen LogP contribution in [-0.4, -0.2) is 20.0 Å². The number of rotatable bonds is 2. The third-order valence-corrected chi connectivity index (χ3v) is 3.74. The molecular weight excluding hydrogens is 291 g/mol. The van der Waals surface area contributed by atoms with Crippen LogP contribution < -0.4 is 5.73 Å². The molecule has 0 amide bonds. The lowest BCUT2D eigenvalue weighted by atomic mass is 10.2. The molecule has 1 rings (SSSR count). The van der Waals surface area contributed by atoms with Gasteiger partial charge in [-0.1, -0.05) is 4.40 Å². The molecule has 1 aromatic heterocycles. The van der Waals surface area contributed by atoms with Gasteiger partial charge in [-0.15, -0.1) is 0 Å². The molecule has 0 aliphatic heterocycles. The van der Waals surface area contributed by atoms with E-state index in [-0.39, 0.29) is 17.1 Å². The number of aromatic nitrogens is 1. The maximum Gasteiger partial charge on any atom is 0.433 e. The van der Waals surface area contributed by atoms with Gasteiger partial charge < -0.3 is 10.3 Å². The molecule has 0 aliphatic carbocycles. The molecule has 0 spiro atoms. The summed E-state index contributed by atoms with van der Waals surface area (Å²) in [6.07, 6.45) is -4.59. The first-order valence-electron chi connectivity index (χ1n) is 5.73. The molecule has 20 heavy (non-hydrogen) atoms. The van der Waals surface area contributed by atoms with E-state index >= 15 is 0 Å². The molecule has 4 nitrogen and oxygen atoms in total. The Morgan fingerprint density at radius 1 is 1.30 bits per heavy atom. The zero-order valence-corrected chi connectivity index (χ0v) is 12.4. The van der Waals surface area contributed by atoms with E-state index in [1.54, 1.807) is 20.8 Å². The van der Waals surface area contributed by atoms with Crippen LogP contribution in [0.25, 0.3) is 0 Å². The quantitative estimate of drug-likeness (QED) is 0.674. The fourth-order valence-corrected chi connectivity index (χ4v) is 1.81. The molecule has 2 N–H and O–H groups in total. The Morgan fingerprint density at radius 2 is 1.85 bits per heavy atom. The Morgan fingerprint density at radius 3 is 2.30 bits per heavy atom. The standard InChI is InChI=1S/C12H16F3N3OS/c1-7(18-20(19)11(2,3)4)9-5-8(16)6-10(17-9)12(13,14)15/h5-6H,1-4H3,(H2,16,17)/t20-/m1/s1. The van der Waals surface area contributed by atoms with E-state index in [9.17, 15) is 17.7 Å². The van der Waals surface area contributed by atoms with Crippen molar-refractivity contribution in [2.75, 3.05) is 5.73 Å². The molecule has 1 atom stereocenters. The van der Waals surface area contributed by atoms with Crippen LogP contribution in [0.5, 0.6) is 0 Å². The van der Waals surface area contributed by atoms with Gasteiger partial charge in [-0.2, -0.15) is 13.2 Å². The lowest BCUT2D eigenvalue weighted by Crippen LogP contribution is -2.27. The summed E-state index contributed by atoms with van der Waals surface area (Å²) >= 11 is -1.58. The number of hydrogen-bond acceptors (Lipinski definition) is 4. The van der Waals surface area contributed by atoms with E-state index < -0.39 is 28.0 Å². The van der Waals surface area contributed by atoms with Crippen LogP contribution in [0, 0.1) is 0 Å². The summed E-state index contributed by atoms with van der Waals surface area (Å²) in [7, 11) is 0. The monoisotopic (exact) mass is 307 g/mol. The van der Waals surface area contributed by atoms with Gasteiger partial charge in [0, 0.05) is 5.69 Å². The Kier molecular flexibility index (Phi) is 4.70. The van der Waals surface area contributed by atoms with Crippen molar-refractivity contribution in [3.63, 3.8) is 0 Å². The summed E-state index contributed by atoms with van der Waals surface area (Å²) in [5.41, 5.74) is 4.39. The molecule has 0 bridgehead atoms. The molecule has 0 saturated carbocycles. The van der Waals surface area contributed by atoms with Gasteiger partial charge in [-0.25, -0.2) is 4.98 Å². The minimum atomic E-state index is -4.59. The first-order valence-corrected chi connectivity index (χ1v) is 6.84. The van der Waals surface area contributed by atoms with Crippen molar-refractivity contribution in [1.29, 1.82) is 0 Å². The van der Waals surface area contributed by atoms with Crippen LogP contribution in [0.2, 0.25) is 0 Å². The van der Waals surface area contributed by atoms with Crippen molar-refractivity contribution >= 4 is 22.8 Å². The van der Waals surface area contributed by atoms with Crippen molar-refractivity contribution in [2.24, 2.45) is 4.40 Å². The summed E-state index contributed by atoms with van der Waals surface area (Å²) in [6.45, 7) is 6.60. The maximum absolute atomic E-state index is 12.6. The lowest BCUT2D eigenvalue weighted by Gasteiger charge is -2.18. The Bertz CT molecular complexity index is 524. The van der Waals surface area contributed by atoms with E-state index in [0.29, 0.717) is 0 Å². The molecule has 0 aliphatic rings. The number of hydrogen-bond donors (Lipinski definition) is 1. The Labute approximate surface area is 118 Å². The minimum absolute atomic E-state index is 0.0325. The zero-order chi connectivity index (χ0) is 15.7. The van der Waals surface area contributed by atoms with Crippen molar-refractivity contribution in [1.82, 2.24) is 4.98 Å². The number of pyridine rings is 1. The molecule has 8 heteroatoms. The summed E-state index contributed by atoms with van der Waals surface area (Å²) in [5, 5.41) is 0. The highest BCUT2D eigenvalue weighted by molar-refractivity contribution is 7.91.